The molecule has 0 aliphatic rings. The van der Waals surface area contributed by atoms with Gasteiger partial charge in [0.25, 0.3) is 5.91 Å². The van der Waals surface area contributed by atoms with Crippen LogP contribution in [0.5, 0.6) is 0 Å². The number of amides is 2. The van der Waals surface area contributed by atoms with Crippen molar-refractivity contribution in [3.8, 4) is 11.3 Å². The number of aryl methyl sites for hydroxylation is 1. The Bertz CT molecular complexity index is 1250. The van der Waals surface area contributed by atoms with E-state index in [2.05, 4.69) is 15.5 Å². The summed E-state index contributed by atoms with van der Waals surface area (Å²) < 4.78 is 38.4. The predicted molar refractivity (Wildman–Crippen MR) is 111 cm³/mol. The first-order valence-electron chi connectivity index (χ1n) is 9.39. The van der Waals surface area contributed by atoms with Crippen LogP contribution < -0.4 is 11.1 Å². The molecule has 3 rings (SSSR count). The van der Waals surface area contributed by atoms with Gasteiger partial charge in [-0.3, -0.25) is 14.4 Å². The third kappa shape index (κ3) is 4.79. The molecular formula is C21H17F3N6O3. The van der Waals surface area contributed by atoms with E-state index in [1.807, 2.05) is 6.07 Å². The number of hydrogen-bond acceptors (Lipinski definition) is 6. The van der Waals surface area contributed by atoms with Gasteiger partial charge in [0.1, 0.15) is 17.1 Å². The maximum absolute atomic E-state index is 12.8. The Hall–Kier alpha value is -4.35. The molecule has 0 aliphatic carbocycles. The zero-order valence-electron chi connectivity index (χ0n) is 17.1. The molecule has 0 atom stereocenters. The molecule has 0 bridgehead atoms. The Labute approximate surface area is 184 Å². The number of nitrogen functional groups attached to an aromatic ring is 1. The number of rotatable bonds is 5. The molecule has 12 heteroatoms. The summed E-state index contributed by atoms with van der Waals surface area (Å²) in [6, 6.07) is 13.0. The van der Waals surface area contributed by atoms with E-state index in [9.17, 15) is 27.6 Å². The van der Waals surface area contributed by atoms with Crippen LogP contribution in [0.2, 0.25) is 0 Å². The third-order valence-corrected chi connectivity index (χ3v) is 4.74. The Kier molecular flexibility index (Phi) is 6.38. The zero-order chi connectivity index (χ0) is 24.3. The van der Waals surface area contributed by atoms with Crippen LogP contribution in [-0.2, 0) is 6.54 Å². The van der Waals surface area contributed by atoms with Crippen LogP contribution >= 0.6 is 0 Å². The van der Waals surface area contributed by atoms with E-state index in [4.69, 9.17) is 11.3 Å². The van der Waals surface area contributed by atoms with Crippen LogP contribution in [0.15, 0.2) is 53.6 Å². The molecule has 0 saturated carbocycles. The highest BCUT2D eigenvalue weighted by atomic mass is 19.4. The zero-order valence-corrected chi connectivity index (χ0v) is 17.1. The number of nitrogens with two attached hydrogens (primary N) is 1. The molecule has 0 unspecified atom stereocenters. The fourth-order valence-corrected chi connectivity index (χ4v) is 3.06. The van der Waals surface area contributed by atoms with Crippen molar-refractivity contribution in [1.29, 1.82) is 5.53 Å². The molecule has 33 heavy (non-hydrogen) atoms. The molecule has 2 amide bonds. The van der Waals surface area contributed by atoms with Crippen LogP contribution in [0, 0.1) is 12.5 Å². The normalized spacial score (nSPS) is 11.2. The lowest BCUT2D eigenvalue weighted by Crippen LogP contribution is -2.31. The summed E-state index contributed by atoms with van der Waals surface area (Å²) in [6.07, 6.45) is -5.28. The van der Waals surface area contributed by atoms with Crippen LogP contribution in [0.4, 0.5) is 19.0 Å². The smallest absolute Gasteiger partial charge is 0.383 e. The second-order valence-electron chi connectivity index (χ2n) is 6.94. The first kappa shape index (κ1) is 23.3. The van der Waals surface area contributed by atoms with Crippen molar-refractivity contribution in [2.24, 2.45) is 5.11 Å². The van der Waals surface area contributed by atoms with Crippen molar-refractivity contribution < 1.29 is 27.6 Å². The maximum Gasteiger partial charge on any atom is 0.473 e. The molecule has 1 heterocycles. The fraction of sp³-hybridized carbons (Fsp3) is 0.143. The number of halogens is 3. The van der Waals surface area contributed by atoms with E-state index in [0.717, 1.165) is 5.56 Å². The molecule has 3 aromatic rings. The predicted octanol–water partition coefficient (Wildman–Crippen LogP) is 3.74. The van der Waals surface area contributed by atoms with E-state index < -0.39 is 29.4 Å². The average Bonchev–Trinajstić information content (AvgIpc) is 3.13. The van der Waals surface area contributed by atoms with Gasteiger partial charge in [-0.1, -0.05) is 42.5 Å². The number of anilines is 1. The van der Waals surface area contributed by atoms with Gasteiger partial charge in [0.2, 0.25) is 0 Å². The lowest BCUT2D eigenvalue weighted by Gasteiger charge is -2.08. The van der Waals surface area contributed by atoms with Crippen molar-refractivity contribution in [1.82, 2.24) is 15.1 Å². The summed E-state index contributed by atoms with van der Waals surface area (Å²) in [5, 5.41) is 8.99. The minimum absolute atomic E-state index is 0.135. The first-order valence-corrected chi connectivity index (χ1v) is 9.39. The molecule has 170 valence electrons. The number of nitrogens with zero attached hydrogens (tertiary/aromatic N) is 3. The van der Waals surface area contributed by atoms with E-state index in [-0.39, 0.29) is 28.4 Å². The molecule has 1 aromatic heterocycles. The van der Waals surface area contributed by atoms with E-state index in [1.54, 1.807) is 37.3 Å². The quantitative estimate of drug-likeness (QED) is 0.499. The van der Waals surface area contributed by atoms with Gasteiger partial charge < -0.3 is 11.1 Å². The summed E-state index contributed by atoms with van der Waals surface area (Å²) in [5.74, 6) is -4.79. The molecule has 0 saturated heterocycles. The highest BCUT2D eigenvalue weighted by Crippen LogP contribution is 2.30. The van der Waals surface area contributed by atoms with E-state index in [1.165, 1.54) is 12.1 Å². The number of carbonyl (C=O) groups excluding carboxylic acids is 3. The Balaban J connectivity index is 1.87. The lowest BCUT2D eigenvalue weighted by molar-refractivity contribution is -0.0953. The van der Waals surface area contributed by atoms with Crippen molar-refractivity contribution >= 4 is 23.5 Å². The summed E-state index contributed by atoms with van der Waals surface area (Å²) in [7, 11) is 0. The average molecular weight is 458 g/mol. The molecule has 4 N–H and O–H groups in total. The molecule has 0 fully saturated rings. The van der Waals surface area contributed by atoms with Crippen molar-refractivity contribution in [2.75, 3.05) is 5.73 Å². The SMILES string of the molecule is Cc1ccccc1C(=O)NCc1ccc(-c2nn(C(=O)C(F)(F)F)c(N)c2C(=O)N=N)cc1. The monoisotopic (exact) mass is 458 g/mol. The summed E-state index contributed by atoms with van der Waals surface area (Å²) in [4.78, 5) is 35.9. The maximum atomic E-state index is 12.8. The number of aromatic nitrogens is 2. The Morgan fingerprint density at radius 3 is 2.33 bits per heavy atom. The number of hydrogen-bond donors (Lipinski definition) is 3. The van der Waals surface area contributed by atoms with Gasteiger partial charge in [0.05, 0.1) is 0 Å². The van der Waals surface area contributed by atoms with E-state index >= 15 is 0 Å². The summed E-state index contributed by atoms with van der Waals surface area (Å²) in [6.45, 7) is 1.96. The molecule has 2 aromatic carbocycles. The largest absolute Gasteiger partial charge is 0.473 e. The minimum Gasteiger partial charge on any atom is -0.383 e. The highest BCUT2D eigenvalue weighted by Gasteiger charge is 2.43. The summed E-state index contributed by atoms with van der Waals surface area (Å²) >= 11 is 0. The van der Waals surface area contributed by atoms with Crippen LogP contribution in [0.25, 0.3) is 11.3 Å². The van der Waals surface area contributed by atoms with Crippen LogP contribution in [0.1, 0.15) is 36.6 Å². The number of benzene rings is 2. The molecular weight excluding hydrogens is 441 g/mol. The molecule has 0 spiro atoms. The van der Waals surface area contributed by atoms with Gasteiger partial charge in [-0.2, -0.15) is 23.0 Å². The summed E-state index contributed by atoms with van der Waals surface area (Å²) in [5.41, 5.74) is 13.7. The minimum atomic E-state index is -5.28. The number of carbonyl (C=O) groups is 3. The van der Waals surface area contributed by atoms with Gasteiger partial charge >= 0.3 is 18.0 Å². The van der Waals surface area contributed by atoms with Gasteiger partial charge in [-0.25, -0.2) is 5.53 Å². The second kappa shape index (κ2) is 9.02. The third-order valence-electron chi connectivity index (χ3n) is 4.74. The van der Waals surface area contributed by atoms with Gasteiger partial charge in [0, 0.05) is 17.7 Å². The first-order chi connectivity index (χ1) is 15.5. The standard InChI is InChI=1S/C21H17F3N6O3/c1-11-4-2-3-5-14(11)18(31)27-10-12-6-8-13(9-7-12)16-15(19(32)28-26)17(25)30(29-16)20(33)21(22,23)24/h2-9,26H,10,25H2,1H3,(H,27,31). The van der Waals surface area contributed by atoms with E-state index in [0.29, 0.717) is 11.1 Å². The second-order valence-corrected chi connectivity index (χ2v) is 6.94. The highest BCUT2D eigenvalue weighted by molar-refractivity contribution is 6.06. The molecule has 0 aliphatic heterocycles. The number of alkyl halides is 3. The number of nitrogens with one attached hydrogen (secondary N) is 2. The van der Waals surface area contributed by atoms with Crippen LogP contribution in [-0.4, -0.2) is 33.7 Å². The Morgan fingerprint density at radius 2 is 1.76 bits per heavy atom. The van der Waals surface area contributed by atoms with Crippen molar-refractivity contribution in [2.45, 2.75) is 19.6 Å². The van der Waals surface area contributed by atoms with Gasteiger partial charge in [-0.05, 0) is 24.1 Å². The lowest BCUT2D eigenvalue weighted by atomic mass is 10.0. The van der Waals surface area contributed by atoms with Crippen molar-refractivity contribution in [3.63, 3.8) is 0 Å². The fourth-order valence-electron chi connectivity index (χ4n) is 3.06. The van der Waals surface area contributed by atoms with Gasteiger partial charge in [-0.15, -0.1) is 5.11 Å². The topological polar surface area (TPSA) is 143 Å². The van der Waals surface area contributed by atoms with Gasteiger partial charge in [0.15, 0.2) is 0 Å². The van der Waals surface area contributed by atoms with Crippen LogP contribution in [0.3, 0.4) is 0 Å². The Morgan fingerprint density at radius 1 is 1.12 bits per heavy atom. The van der Waals surface area contributed by atoms with Crippen molar-refractivity contribution in [3.05, 3.63) is 70.8 Å². The molecule has 0 radical (unpaired) electrons. The molecule has 9 nitrogen and oxygen atoms in total.